The van der Waals surface area contributed by atoms with Gasteiger partial charge in [-0.15, -0.1) is 0 Å². The molecule has 176 valence electrons. The van der Waals surface area contributed by atoms with Crippen molar-refractivity contribution in [1.82, 2.24) is 19.8 Å². The molecule has 0 fully saturated rings. The largest absolute Gasteiger partial charge is 0.416 e. The first kappa shape index (κ1) is 23.5. The first-order chi connectivity index (χ1) is 15.6. The van der Waals surface area contributed by atoms with Gasteiger partial charge in [0.1, 0.15) is 4.90 Å². The average molecular weight is 479 g/mol. The van der Waals surface area contributed by atoms with E-state index in [1.54, 1.807) is 13.1 Å². The smallest absolute Gasteiger partial charge is 0.316 e. The third-order valence-electron chi connectivity index (χ3n) is 6.07. The van der Waals surface area contributed by atoms with Gasteiger partial charge in [-0.1, -0.05) is 36.4 Å². The van der Waals surface area contributed by atoms with Gasteiger partial charge in [0.15, 0.2) is 0 Å². The Hall–Kier alpha value is -2.69. The molecule has 33 heavy (non-hydrogen) atoms. The molecular formula is C23H25F3N4O2S. The standard InChI is InChI=1S/C23H25F3N4O2S/c1-27-22-11-17-7-6-16(12-29-33(31,32)19-13-28-30(2)14-19)10-20(17)21(22)9-15-4-3-5-18(8-15)23(24,25)26/h3-8,10,13-14,21-22,27,29H,9,11-12H2,1-2H3. The van der Waals surface area contributed by atoms with E-state index in [1.807, 2.05) is 25.2 Å². The lowest BCUT2D eigenvalue weighted by atomic mass is 9.89. The average Bonchev–Trinajstić information content (AvgIpc) is 3.36. The number of aromatic nitrogens is 2. The molecule has 0 amide bonds. The highest BCUT2D eigenvalue weighted by molar-refractivity contribution is 7.89. The summed E-state index contributed by atoms with van der Waals surface area (Å²) in [4.78, 5) is 0.0869. The van der Waals surface area contributed by atoms with Crippen LogP contribution in [0.3, 0.4) is 0 Å². The Morgan fingerprint density at radius 2 is 1.94 bits per heavy atom. The molecule has 10 heteroatoms. The highest BCUT2D eigenvalue weighted by atomic mass is 32.2. The second kappa shape index (κ2) is 8.92. The van der Waals surface area contributed by atoms with Gasteiger partial charge < -0.3 is 5.32 Å². The number of sulfonamides is 1. The number of alkyl halides is 3. The van der Waals surface area contributed by atoms with Gasteiger partial charge in [-0.05, 0) is 48.2 Å². The van der Waals surface area contributed by atoms with Crippen LogP contribution in [0.4, 0.5) is 13.2 Å². The second-order valence-electron chi connectivity index (χ2n) is 8.32. The Morgan fingerprint density at radius 1 is 1.15 bits per heavy atom. The zero-order valence-corrected chi connectivity index (χ0v) is 19.0. The zero-order valence-electron chi connectivity index (χ0n) is 18.2. The number of benzene rings is 2. The Bertz CT molecular complexity index is 1250. The second-order valence-corrected chi connectivity index (χ2v) is 10.1. The number of fused-ring (bicyclic) bond motifs is 1. The third kappa shape index (κ3) is 5.13. The number of rotatable bonds is 7. The third-order valence-corrected chi connectivity index (χ3v) is 7.43. The lowest BCUT2D eigenvalue weighted by Gasteiger charge is -2.21. The molecule has 0 bridgehead atoms. The monoisotopic (exact) mass is 478 g/mol. The number of likely N-dealkylation sites (N-methyl/N-ethyl adjacent to an activating group) is 1. The fraction of sp³-hybridized carbons (Fsp3) is 0.348. The SMILES string of the molecule is CNC1Cc2ccc(CNS(=O)(=O)c3cnn(C)c3)cc2C1Cc1cccc(C(F)(F)F)c1. The zero-order chi connectivity index (χ0) is 23.8. The molecule has 0 aliphatic heterocycles. The van der Waals surface area contributed by atoms with E-state index in [9.17, 15) is 21.6 Å². The number of aryl methyl sites for hydroxylation is 1. The van der Waals surface area contributed by atoms with Gasteiger partial charge in [0.05, 0.1) is 11.8 Å². The minimum absolute atomic E-state index is 0.0247. The predicted molar refractivity (Wildman–Crippen MR) is 118 cm³/mol. The van der Waals surface area contributed by atoms with Crippen molar-refractivity contribution < 1.29 is 21.6 Å². The minimum atomic E-state index is -4.38. The number of hydrogen-bond acceptors (Lipinski definition) is 4. The van der Waals surface area contributed by atoms with Crippen molar-refractivity contribution in [3.8, 4) is 0 Å². The van der Waals surface area contributed by atoms with E-state index in [4.69, 9.17) is 0 Å². The number of hydrogen-bond donors (Lipinski definition) is 2. The topological polar surface area (TPSA) is 76.0 Å². The molecule has 0 saturated carbocycles. The quantitative estimate of drug-likeness (QED) is 0.546. The fourth-order valence-electron chi connectivity index (χ4n) is 4.36. The summed E-state index contributed by atoms with van der Waals surface area (Å²) in [6, 6.07) is 11.3. The van der Waals surface area contributed by atoms with E-state index >= 15 is 0 Å². The minimum Gasteiger partial charge on any atom is -0.316 e. The van der Waals surface area contributed by atoms with Crippen molar-refractivity contribution in [2.45, 2.75) is 42.4 Å². The van der Waals surface area contributed by atoms with E-state index in [2.05, 4.69) is 15.1 Å². The van der Waals surface area contributed by atoms with Crippen LogP contribution in [0.15, 0.2) is 59.8 Å². The van der Waals surface area contributed by atoms with Crippen LogP contribution < -0.4 is 10.0 Å². The lowest BCUT2D eigenvalue weighted by molar-refractivity contribution is -0.137. The molecule has 0 radical (unpaired) electrons. The van der Waals surface area contributed by atoms with Crippen molar-refractivity contribution in [2.75, 3.05) is 7.05 Å². The summed E-state index contributed by atoms with van der Waals surface area (Å²) in [5, 5.41) is 7.18. The highest BCUT2D eigenvalue weighted by Gasteiger charge is 2.33. The van der Waals surface area contributed by atoms with Gasteiger partial charge in [0, 0.05) is 31.7 Å². The summed E-state index contributed by atoms with van der Waals surface area (Å²) in [6.07, 6.45) is -0.462. The van der Waals surface area contributed by atoms with Gasteiger partial charge in [-0.25, -0.2) is 13.1 Å². The number of halogens is 3. The van der Waals surface area contributed by atoms with E-state index < -0.39 is 21.8 Å². The Labute approximate surface area is 190 Å². The van der Waals surface area contributed by atoms with Crippen molar-refractivity contribution in [3.63, 3.8) is 0 Å². The highest BCUT2D eigenvalue weighted by Crippen LogP contribution is 2.37. The first-order valence-electron chi connectivity index (χ1n) is 10.5. The molecule has 1 aliphatic carbocycles. The molecular weight excluding hydrogens is 453 g/mol. The van der Waals surface area contributed by atoms with E-state index in [0.717, 1.165) is 29.2 Å². The molecule has 3 aromatic rings. The first-order valence-corrected chi connectivity index (χ1v) is 12.0. The summed E-state index contributed by atoms with van der Waals surface area (Å²) >= 11 is 0. The molecule has 4 rings (SSSR count). The maximum atomic E-state index is 13.1. The van der Waals surface area contributed by atoms with E-state index in [-0.39, 0.29) is 23.4 Å². The molecule has 1 aliphatic rings. The summed E-state index contributed by atoms with van der Waals surface area (Å²) in [5.74, 6) is -0.0247. The Kier molecular flexibility index (Phi) is 6.35. The van der Waals surface area contributed by atoms with Gasteiger partial charge in [-0.3, -0.25) is 4.68 Å². The summed E-state index contributed by atoms with van der Waals surface area (Å²) < 4.78 is 68.5. The van der Waals surface area contributed by atoms with Crippen LogP contribution in [-0.4, -0.2) is 31.3 Å². The van der Waals surface area contributed by atoms with Gasteiger partial charge in [0.2, 0.25) is 10.0 Å². The molecule has 2 aromatic carbocycles. The van der Waals surface area contributed by atoms with Crippen LogP contribution in [-0.2, 0) is 42.6 Å². The summed E-state index contributed by atoms with van der Waals surface area (Å²) in [5.41, 5.74) is 2.89. The van der Waals surface area contributed by atoms with Crippen LogP contribution in [0.1, 0.15) is 33.7 Å². The Morgan fingerprint density at radius 3 is 2.61 bits per heavy atom. The van der Waals surface area contributed by atoms with Crippen molar-refractivity contribution >= 4 is 10.0 Å². The molecule has 1 aromatic heterocycles. The summed E-state index contributed by atoms with van der Waals surface area (Å²) in [7, 11) is -0.213. The molecule has 0 saturated heterocycles. The molecule has 6 nitrogen and oxygen atoms in total. The molecule has 2 N–H and O–H groups in total. The number of nitrogens with zero attached hydrogens (tertiary/aromatic N) is 2. The fourth-order valence-corrected chi connectivity index (χ4v) is 5.37. The maximum absolute atomic E-state index is 13.1. The van der Waals surface area contributed by atoms with E-state index in [1.165, 1.54) is 29.2 Å². The van der Waals surface area contributed by atoms with Crippen LogP contribution in [0.25, 0.3) is 0 Å². The number of nitrogens with one attached hydrogen (secondary N) is 2. The molecule has 2 unspecified atom stereocenters. The van der Waals surface area contributed by atoms with Crippen LogP contribution in [0, 0.1) is 0 Å². The van der Waals surface area contributed by atoms with Crippen molar-refractivity contribution in [1.29, 1.82) is 0 Å². The van der Waals surface area contributed by atoms with Gasteiger partial charge in [0.25, 0.3) is 0 Å². The normalized spacial score (nSPS) is 18.5. The van der Waals surface area contributed by atoms with Gasteiger partial charge in [-0.2, -0.15) is 18.3 Å². The lowest BCUT2D eigenvalue weighted by Crippen LogP contribution is -2.30. The van der Waals surface area contributed by atoms with E-state index in [0.29, 0.717) is 12.0 Å². The molecule has 0 spiro atoms. The Balaban J connectivity index is 1.55. The van der Waals surface area contributed by atoms with Crippen LogP contribution in [0.2, 0.25) is 0 Å². The van der Waals surface area contributed by atoms with Gasteiger partial charge >= 0.3 is 6.18 Å². The van der Waals surface area contributed by atoms with Crippen LogP contribution in [0.5, 0.6) is 0 Å². The van der Waals surface area contributed by atoms with Crippen LogP contribution >= 0.6 is 0 Å². The molecule has 1 heterocycles. The predicted octanol–water partition coefficient (Wildman–Crippen LogP) is 3.39. The van der Waals surface area contributed by atoms with Crippen molar-refractivity contribution in [3.05, 3.63) is 82.7 Å². The molecule has 2 atom stereocenters. The summed E-state index contributed by atoms with van der Waals surface area (Å²) in [6.45, 7) is 0.102. The van der Waals surface area contributed by atoms with Crippen molar-refractivity contribution in [2.24, 2.45) is 7.05 Å². The maximum Gasteiger partial charge on any atom is 0.416 e.